The molecule has 2 N–H and O–H groups in total. The molecular formula is C13H19NO3. The van der Waals surface area contributed by atoms with Crippen LogP contribution in [0.4, 0.5) is 0 Å². The van der Waals surface area contributed by atoms with Crippen molar-refractivity contribution < 1.29 is 14.3 Å². The van der Waals surface area contributed by atoms with Gasteiger partial charge in [0.05, 0.1) is 19.8 Å². The lowest BCUT2D eigenvalue weighted by atomic mass is 9.84. The van der Waals surface area contributed by atoms with Gasteiger partial charge in [-0.1, -0.05) is 13.8 Å². The van der Waals surface area contributed by atoms with Crippen LogP contribution in [0.3, 0.4) is 0 Å². The van der Waals surface area contributed by atoms with Crippen LogP contribution < -0.4 is 15.2 Å². The Balaban J connectivity index is 3.23. The fourth-order valence-corrected chi connectivity index (χ4v) is 1.45. The van der Waals surface area contributed by atoms with E-state index < -0.39 is 5.41 Å². The maximum absolute atomic E-state index is 12.3. The maximum atomic E-state index is 12.3. The summed E-state index contributed by atoms with van der Waals surface area (Å²) in [5, 5.41) is 0. The van der Waals surface area contributed by atoms with Gasteiger partial charge in [0.25, 0.3) is 0 Å². The molecule has 0 bridgehead atoms. The fourth-order valence-electron chi connectivity index (χ4n) is 1.45. The summed E-state index contributed by atoms with van der Waals surface area (Å²) in [6, 6.07) is 5.16. The van der Waals surface area contributed by atoms with Crippen LogP contribution in [0.15, 0.2) is 18.2 Å². The first-order chi connectivity index (χ1) is 7.96. The number of hydrogen-bond acceptors (Lipinski definition) is 4. The molecule has 94 valence electrons. The number of nitrogens with two attached hydrogens (primary N) is 1. The second-order valence-corrected chi connectivity index (χ2v) is 4.48. The molecule has 4 nitrogen and oxygen atoms in total. The molecule has 0 aliphatic carbocycles. The molecule has 0 fully saturated rings. The summed E-state index contributed by atoms with van der Waals surface area (Å²) in [7, 11) is 3.10. The summed E-state index contributed by atoms with van der Waals surface area (Å²) in [5.41, 5.74) is 5.50. The van der Waals surface area contributed by atoms with Crippen molar-refractivity contribution in [1.82, 2.24) is 0 Å². The zero-order valence-electron chi connectivity index (χ0n) is 10.7. The number of Topliss-reactive ketones (excluding diaryl/α,β-unsaturated/α-hetero) is 1. The summed E-state index contributed by atoms with van der Waals surface area (Å²) in [6.45, 7) is 3.91. The normalized spacial score (nSPS) is 11.1. The van der Waals surface area contributed by atoms with E-state index in [0.29, 0.717) is 17.1 Å². The summed E-state index contributed by atoms with van der Waals surface area (Å²) >= 11 is 0. The molecule has 0 amide bonds. The largest absolute Gasteiger partial charge is 0.497 e. The lowest BCUT2D eigenvalue weighted by Gasteiger charge is -2.22. The SMILES string of the molecule is COc1ccc(OC)c(C(=O)C(C)(C)CN)c1. The van der Waals surface area contributed by atoms with Gasteiger partial charge in [0, 0.05) is 12.0 Å². The van der Waals surface area contributed by atoms with E-state index in [1.54, 1.807) is 25.3 Å². The molecule has 17 heavy (non-hydrogen) atoms. The van der Waals surface area contributed by atoms with Gasteiger partial charge in [-0.2, -0.15) is 0 Å². The summed E-state index contributed by atoms with van der Waals surface area (Å²) in [4.78, 5) is 12.3. The molecule has 0 unspecified atom stereocenters. The molecule has 0 saturated heterocycles. The van der Waals surface area contributed by atoms with Crippen LogP contribution in [0.25, 0.3) is 0 Å². The highest BCUT2D eigenvalue weighted by Gasteiger charge is 2.29. The van der Waals surface area contributed by atoms with E-state index in [1.165, 1.54) is 7.11 Å². The molecule has 0 aliphatic heterocycles. The molecule has 4 heteroatoms. The molecule has 1 aromatic rings. The van der Waals surface area contributed by atoms with Crippen molar-refractivity contribution in [3.63, 3.8) is 0 Å². The smallest absolute Gasteiger partial charge is 0.173 e. The quantitative estimate of drug-likeness (QED) is 0.794. The molecule has 0 radical (unpaired) electrons. The van der Waals surface area contributed by atoms with Gasteiger partial charge in [0.1, 0.15) is 11.5 Å². The van der Waals surface area contributed by atoms with Crippen LogP contribution in [-0.4, -0.2) is 26.5 Å². The van der Waals surface area contributed by atoms with E-state index in [-0.39, 0.29) is 12.3 Å². The van der Waals surface area contributed by atoms with Gasteiger partial charge in [-0.25, -0.2) is 0 Å². The summed E-state index contributed by atoms with van der Waals surface area (Å²) in [6.07, 6.45) is 0. The fraction of sp³-hybridized carbons (Fsp3) is 0.462. The number of benzene rings is 1. The Morgan fingerprint density at radius 2 is 1.94 bits per heavy atom. The third kappa shape index (κ3) is 2.77. The lowest BCUT2D eigenvalue weighted by molar-refractivity contribution is 0.0844. The Bertz CT molecular complexity index is 413. The topological polar surface area (TPSA) is 61.5 Å². The number of methoxy groups -OCH3 is 2. The highest BCUT2D eigenvalue weighted by atomic mass is 16.5. The van der Waals surface area contributed by atoms with Gasteiger partial charge < -0.3 is 15.2 Å². The zero-order chi connectivity index (χ0) is 13.1. The molecule has 0 aromatic heterocycles. The van der Waals surface area contributed by atoms with Gasteiger partial charge in [-0.3, -0.25) is 4.79 Å². The number of ether oxygens (including phenoxy) is 2. The first-order valence-electron chi connectivity index (χ1n) is 5.43. The van der Waals surface area contributed by atoms with Crippen molar-refractivity contribution in [3.8, 4) is 11.5 Å². The van der Waals surface area contributed by atoms with E-state index in [4.69, 9.17) is 15.2 Å². The number of carbonyl (C=O) groups is 1. The number of carbonyl (C=O) groups excluding carboxylic acids is 1. The summed E-state index contributed by atoms with van der Waals surface area (Å²) < 4.78 is 10.3. The standard InChI is InChI=1S/C13H19NO3/c1-13(2,8-14)12(15)10-7-9(16-3)5-6-11(10)17-4/h5-7H,8,14H2,1-4H3. The van der Waals surface area contributed by atoms with E-state index >= 15 is 0 Å². The minimum Gasteiger partial charge on any atom is -0.497 e. The minimum absolute atomic E-state index is 0.0456. The van der Waals surface area contributed by atoms with Crippen LogP contribution in [0.1, 0.15) is 24.2 Å². The predicted molar refractivity (Wildman–Crippen MR) is 66.7 cm³/mol. The Morgan fingerprint density at radius 3 is 2.41 bits per heavy atom. The highest BCUT2D eigenvalue weighted by Crippen LogP contribution is 2.30. The van der Waals surface area contributed by atoms with Crippen molar-refractivity contribution in [2.45, 2.75) is 13.8 Å². The third-order valence-electron chi connectivity index (χ3n) is 2.78. The first kappa shape index (κ1) is 13.5. The van der Waals surface area contributed by atoms with Crippen molar-refractivity contribution >= 4 is 5.78 Å². The Labute approximate surface area is 102 Å². The van der Waals surface area contributed by atoms with Gasteiger partial charge in [0.15, 0.2) is 5.78 Å². The average molecular weight is 237 g/mol. The van der Waals surface area contributed by atoms with Crippen LogP contribution in [0.5, 0.6) is 11.5 Å². The zero-order valence-corrected chi connectivity index (χ0v) is 10.7. The summed E-state index contributed by atoms with van der Waals surface area (Å²) in [5.74, 6) is 1.12. The van der Waals surface area contributed by atoms with E-state index in [2.05, 4.69) is 0 Å². The maximum Gasteiger partial charge on any atom is 0.173 e. The van der Waals surface area contributed by atoms with Crippen LogP contribution in [-0.2, 0) is 0 Å². The molecule has 1 aromatic carbocycles. The molecule has 0 heterocycles. The molecule has 0 aliphatic rings. The van der Waals surface area contributed by atoms with Crippen molar-refractivity contribution in [2.75, 3.05) is 20.8 Å². The number of ketones is 1. The molecule has 1 rings (SSSR count). The average Bonchev–Trinajstić information content (AvgIpc) is 2.36. The van der Waals surface area contributed by atoms with Crippen molar-refractivity contribution in [2.24, 2.45) is 11.1 Å². The van der Waals surface area contributed by atoms with Crippen LogP contribution in [0.2, 0.25) is 0 Å². The molecule has 0 spiro atoms. The van der Waals surface area contributed by atoms with Crippen LogP contribution >= 0.6 is 0 Å². The third-order valence-corrected chi connectivity index (χ3v) is 2.78. The van der Waals surface area contributed by atoms with Gasteiger partial charge >= 0.3 is 0 Å². The highest BCUT2D eigenvalue weighted by molar-refractivity contribution is 6.02. The Hall–Kier alpha value is -1.55. The van der Waals surface area contributed by atoms with Gasteiger partial charge in [0.2, 0.25) is 0 Å². The van der Waals surface area contributed by atoms with Crippen LogP contribution in [0, 0.1) is 5.41 Å². The predicted octanol–water partition coefficient (Wildman–Crippen LogP) is 1.87. The number of rotatable bonds is 5. The lowest BCUT2D eigenvalue weighted by Crippen LogP contribution is -2.33. The van der Waals surface area contributed by atoms with E-state index in [1.807, 2.05) is 13.8 Å². The Kier molecular flexibility index (Phi) is 4.12. The second kappa shape index (κ2) is 5.19. The van der Waals surface area contributed by atoms with Gasteiger partial charge in [-0.05, 0) is 18.2 Å². The van der Waals surface area contributed by atoms with Crippen molar-refractivity contribution in [3.05, 3.63) is 23.8 Å². The van der Waals surface area contributed by atoms with E-state index in [9.17, 15) is 4.79 Å². The first-order valence-corrected chi connectivity index (χ1v) is 5.43. The van der Waals surface area contributed by atoms with Gasteiger partial charge in [-0.15, -0.1) is 0 Å². The molecule has 0 atom stereocenters. The molecular weight excluding hydrogens is 218 g/mol. The monoisotopic (exact) mass is 237 g/mol. The Morgan fingerprint density at radius 1 is 1.29 bits per heavy atom. The molecule has 0 saturated carbocycles. The number of hydrogen-bond donors (Lipinski definition) is 1. The van der Waals surface area contributed by atoms with Crippen molar-refractivity contribution in [1.29, 1.82) is 0 Å². The van der Waals surface area contributed by atoms with E-state index in [0.717, 1.165) is 0 Å². The second-order valence-electron chi connectivity index (χ2n) is 4.48. The minimum atomic E-state index is -0.611.